The van der Waals surface area contributed by atoms with Crippen molar-refractivity contribution in [1.29, 1.82) is 0 Å². The quantitative estimate of drug-likeness (QED) is 0.843. The molecule has 0 aliphatic heterocycles. The molecule has 0 spiro atoms. The van der Waals surface area contributed by atoms with Crippen LogP contribution in [0.2, 0.25) is 0 Å². The Balaban J connectivity index is 2.53. The topological polar surface area (TPSA) is 64.1 Å². The second-order valence-electron chi connectivity index (χ2n) is 4.84. The normalized spacial score (nSPS) is 11.3. The Morgan fingerprint density at radius 3 is 2.33 bits per heavy atom. The van der Waals surface area contributed by atoms with E-state index in [2.05, 4.69) is 15.3 Å². The molecule has 1 amide bonds. The molecule has 0 aliphatic rings. The molecule has 0 unspecified atom stereocenters. The molecule has 0 saturated carbocycles. The number of hydrogen-bond donors (Lipinski definition) is 1. The summed E-state index contributed by atoms with van der Waals surface area (Å²) in [4.78, 5) is 19.3. The summed E-state index contributed by atoms with van der Waals surface area (Å²) < 4.78 is 5.70. The molecule has 94 valence electrons. The lowest BCUT2D eigenvalue weighted by atomic mass is 10.2. The number of para-hydroxylation sites is 2. The van der Waals surface area contributed by atoms with E-state index in [1.54, 1.807) is 0 Å². The number of amides is 1. The fourth-order valence-electron chi connectivity index (χ4n) is 1.49. The van der Waals surface area contributed by atoms with Gasteiger partial charge in [0.1, 0.15) is 5.60 Å². The lowest BCUT2D eigenvalue weighted by Gasteiger charge is -2.21. The number of benzene rings is 1. The molecule has 5 heteroatoms. The number of carbonyl (C=O) groups excluding carboxylic acids is 1. The fourth-order valence-corrected chi connectivity index (χ4v) is 1.49. The molecule has 1 N–H and O–H groups in total. The van der Waals surface area contributed by atoms with Crippen molar-refractivity contribution in [3.05, 3.63) is 24.3 Å². The van der Waals surface area contributed by atoms with E-state index in [4.69, 9.17) is 4.74 Å². The van der Waals surface area contributed by atoms with Crippen molar-refractivity contribution in [3.63, 3.8) is 0 Å². The minimum atomic E-state index is -0.406. The van der Waals surface area contributed by atoms with Gasteiger partial charge in [0.2, 0.25) is 6.41 Å². The largest absolute Gasteiger partial charge is 0.469 e. The van der Waals surface area contributed by atoms with Crippen LogP contribution in [0.15, 0.2) is 24.3 Å². The zero-order valence-corrected chi connectivity index (χ0v) is 10.6. The second kappa shape index (κ2) is 4.60. The second-order valence-corrected chi connectivity index (χ2v) is 4.84. The Morgan fingerprint density at radius 2 is 1.78 bits per heavy atom. The fraction of sp³-hybridized carbons (Fsp3) is 0.308. The zero-order chi connectivity index (χ0) is 13.2. The van der Waals surface area contributed by atoms with Crippen molar-refractivity contribution in [1.82, 2.24) is 9.97 Å². The first-order valence-corrected chi connectivity index (χ1v) is 5.65. The van der Waals surface area contributed by atoms with Crippen LogP contribution in [0.1, 0.15) is 20.8 Å². The van der Waals surface area contributed by atoms with Crippen molar-refractivity contribution in [2.75, 3.05) is 5.32 Å². The molecule has 0 fully saturated rings. The Bertz CT molecular complexity index is 576. The van der Waals surface area contributed by atoms with Gasteiger partial charge in [-0.2, -0.15) is 0 Å². The summed E-state index contributed by atoms with van der Waals surface area (Å²) in [5.74, 6) is 0.659. The number of anilines is 1. The number of aromatic nitrogens is 2. The third-order valence-corrected chi connectivity index (χ3v) is 2.14. The van der Waals surface area contributed by atoms with E-state index in [1.165, 1.54) is 0 Å². The van der Waals surface area contributed by atoms with Crippen molar-refractivity contribution in [2.24, 2.45) is 0 Å². The van der Waals surface area contributed by atoms with E-state index in [9.17, 15) is 4.79 Å². The van der Waals surface area contributed by atoms with Crippen LogP contribution in [0, 0.1) is 0 Å². The predicted molar refractivity (Wildman–Crippen MR) is 69.6 cm³/mol. The number of fused-ring (bicyclic) bond motifs is 1. The van der Waals surface area contributed by atoms with Gasteiger partial charge < -0.3 is 10.1 Å². The smallest absolute Gasteiger partial charge is 0.259 e. The molecule has 0 bridgehead atoms. The number of nitrogens with one attached hydrogen (secondary N) is 1. The maximum Gasteiger partial charge on any atom is 0.259 e. The van der Waals surface area contributed by atoms with Crippen LogP contribution < -0.4 is 10.1 Å². The molecule has 1 aromatic carbocycles. The van der Waals surface area contributed by atoms with Gasteiger partial charge in [-0.3, -0.25) is 4.79 Å². The van der Waals surface area contributed by atoms with Gasteiger partial charge >= 0.3 is 0 Å². The van der Waals surface area contributed by atoms with E-state index < -0.39 is 5.60 Å². The Morgan fingerprint density at radius 1 is 1.17 bits per heavy atom. The average Bonchev–Trinajstić information content (AvgIpc) is 2.28. The molecule has 5 nitrogen and oxygen atoms in total. The molecular formula is C13H15N3O2. The summed E-state index contributed by atoms with van der Waals surface area (Å²) in [6.45, 7) is 5.73. The van der Waals surface area contributed by atoms with E-state index >= 15 is 0 Å². The number of carbonyl (C=O) groups is 1. The molecule has 2 aromatic rings. The number of rotatable bonds is 3. The van der Waals surface area contributed by atoms with Gasteiger partial charge in [-0.05, 0) is 32.9 Å². The van der Waals surface area contributed by atoms with E-state index in [-0.39, 0.29) is 0 Å². The average molecular weight is 245 g/mol. The first-order valence-electron chi connectivity index (χ1n) is 5.65. The SMILES string of the molecule is CC(C)(C)Oc1nc2ccccc2nc1NC=O. The van der Waals surface area contributed by atoms with E-state index in [1.807, 2.05) is 45.0 Å². The third-order valence-electron chi connectivity index (χ3n) is 2.14. The highest BCUT2D eigenvalue weighted by atomic mass is 16.5. The zero-order valence-electron chi connectivity index (χ0n) is 10.6. The standard InChI is InChI=1S/C13H15N3O2/c1-13(2,3)18-12-11(14-8-17)15-9-6-4-5-7-10(9)16-12/h4-8H,1-3H3,(H,14,15,17). The van der Waals surface area contributed by atoms with Gasteiger partial charge in [0.15, 0.2) is 5.82 Å². The first-order chi connectivity index (χ1) is 8.49. The Kier molecular flexibility index (Phi) is 3.14. The van der Waals surface area contributed by atoms with Crippen LogP contribution in [0.4, 0.5) is 5.82 Å². The van der Waals surface area contributed by atoms with Crippen LogP contribution in [0.3, 0.4) is 0 Å². The van der Waals surface area contributed by atoms with Crippen molar-refractivity contribution >= 4 is 23.3 Å². The van der Waals surface area contributed by atoms with Gasteiger partial charge in [0.05, 0.1) is 11.0 Å². The predicted octanol–water partition coefficient (Wildman–Crippen LogP) is 2.38. The van der Waals surface area contributed by atoms with Gasteiger partial charge in [0, 0.05) is 0 Å². The van der Waals surface area contributed by atoms with Gasteiger partial charge in [-0.25, -0.2) is 9.97 Å². The van der Waals surface area contributed by atoms with Gasteiger partial charge in [-0.1, -0.05) is 12.1 Å². The lowest BCUT2D eigenvalue weighted by molar-refractivity contribution is -0.105. The summed E-state index contributed by atoms with van der Waals surface area (Å²) in [7, 11) is 0. The first kappa shape index (κ1) is 12.3. The minimum Gasteiger partial charge on any atom is -0.469 e. The summed E-state index contributed by atoms with van der Waals surface area (Å²) in [6.07, 6.45) is 0.564. The monoisotopic (exact) mass is 245 g/mol. The van der Waals surface area contributed by atoms with Crippen LogP contribution in [-0.4, -0.2) is 22.0 Å². The molecule has 1 aromatic heterocycles. The van der Waals surface area contributed by atoms with Crippen LogP contribution in [0.5, 0.6) is 5.88 Å². The Labute approximate surface area is 105 Å². The molecule has 2 rings (SSSR count). The minimum absolute atomic E-state index is 0.327. The number of nitrogens with zero attached hydrogens (tertiary/aromatic N) is 2. The highest BCUT2D eigenvalue weighted by Crippen LogP contribution is 2.26. The molecule has 0 radical (unpaired) electrons. The highest BCUT2D eigenvalue weighted by molar-refractivity contribution is 5.80. The van der Waals surface area contributed by atoms with Gasteiger partial charge in [-0.15, -0.1) is 0 Å². The molecule has 0 aliphatic carbocycles. The molecule has 0 saturated heterocycles. The number of hydrogen-bond acceptors (Lipinski definition) is 4. The van der Waals surface area contributed by atoms with Crippen LogP contribution in [0.25, 0.3) is 11.0 Å². The van der Waals surface area contributed by atoms with Crippen molar-refractivity contribution in [3.8, 4) is 5.88 Å². The lowest BCUT2D eigenvalue weighted by Crippen LogP contribution is -2.24. The summed E-state index contributed by atoms with van der Waals surface area (Å²) >= 11 is 0. The van der Waals surface area contributed by atoms with Crippen LogP contribution >= 0.6 is 0 Å². The Hall–Kier alpha value is -2.17. The van der Waals surface area contributed by atoms with E-state index in [0.29, 0.717) is 23.6 Å². The van der Waals surface area contributed by atoms with Crippen molar-refractivity contribution < 1.29 is 9.53 Å². The third kappa shape index (κ3) is 2.74. The van der Waals surface area contributed by atoms with Crippen LogP contribution in [-0.2, 0) is 4.79 Å². The summed E-state index contributed by atoms with van der Waals surface area (Å²) in [5, 5.41) is 2.51. The van der Waals surface area contributed by atoms with E-state index in [0.717, 1.165) is 5.52 Å². The summed E-state index contributed by atoms with van der Waals surface area (Å²) in [6, 6.07) is 7.43. The maximum absolute atomic E-state index is 10.6. The molecule has 1 heterocycles. The van der Waals surface area contributed by atoms with Crippen molar-refractivity contribution in [2.45, 2.75) is 26.4 Å². The highest BCUT2D eigenvalue weighted by Gasteiger charge is 2.17. The summed E-state index contributed by atoms with van der Waals surface area (Å²) in [5.41, 5.74) is 1.03. The molecule has 0 atom stereocenters. The maximum atomic E-state index is 10.6. The molecule has 18 heavy (non-hydrogen) atoms. The number of ether oxygens (including phenoxy) is 1. The van der Waals surface area contributed by atoms with Gasteiger partial charge in [0.25, 0.3) is 5.88 Å². The molecular weight excluding hydrogens is 230 g/mol.